The first-order valence-corrected chi connectivity index (χ1v) is 8.61. The molecule has 0 fully saturated rings. The van der Waals surface area contributed by atoms with Crippen LogP contribution in [0.2, 0.25) is 0 Å². The number of hydrogen-bond donors (Lipinski definition) is 1. The molecule has 26 heavy (non-hydrogen) atoms. The van der Waals surface area contributed by atoms with Crippen LogP contribution in [0.4, 0.5) is 11.5 Å². The van der Waals surface area contributed by atoms with Crippen LogP contribution in [0.15, 0.2) is 54.6 Å². The van der Waals surface area contributed by atoms with E-state index in [1.807, 2.05) is 61.5 Å². The number of anilines is 2. The minimum atomic E-state index is 0.260. The highest BCUT2D eigenvalue weighted by atomic mass is 15.1. The van der Waals surface area contributed by atoms with Crippen molar-refractivity contribution >= 4 is 11.5 Å². The van der Waals surface area contributed by atoms with Gasteiger partial charge in [0.05, 0.1) is 5.69 Å². The van der Waals surface area contributed by atoms with Gasteiger partial charge in [-0.15, -0.1) is 0 Å². The number of rotatable bonds is 4. The van der Waals surface area contributed by atoms with Crippen molar-refractivity contribution in [1.82, 2.24) is 4.98 Å². The summed E-state index contributed by atoms with van der Waals surface area (Å²) in [6.45, 7) is 2.13. The van der Waals surface area contributed by atoms with Crippen LogP contribution in [0.5, 0.6) is 0 Å². The van der Waals surface area contributed by atoms with Crippen molar-refractivity contribution in [2.45, 2.75) is 13.3 Å². The molecule has 0 saturated heterocycles. The van der Waals surface area contributed by atoms with Gasteiger partial charge in [-0.1, -0.05) is 43.3 Å². The number of aryl methyl sites for hydroxylation is 1. The number of aromatic nitrogens is 1. The zero-order valence-electron chi connectivity index (χ0n) is 15.3. The molecule has 0 amide bonds. The van der Waals surface area contributed by atoms with Crippen LogP contribution in [0.1, 0.15) is 18.1 Å². The molecule has 0 saturated carbocycles. The number of nitrogen functional groups attached to an aromatic ring is 1. The largest absolute Gasteiger partial charge is 0.383 e. The van der Waals surface area contributed by atoms with Crippen molar-refractivity contribution in [2.75, 3.05) is 24.7 Å². The highest BCUT2D eigenvalue weighted by molar-refractivity contribution is 5.80. The van der Waals surface area contributed by atoms with E-state index < -0.39 is 0 Å². The smallest absolute Gasteiger partial charge is 0.142 e. The van der Waals surface area contributed by atoms with Gasteiger partial charge < -0.3 is 10.6 Å². The first kappa shape index (κ1) is 17.5. The first-order valence-electron chi connectivity index (χ1n) is 8.61. The van der Waals surface area contributed by atoms with E-state index >= 15 is 0 Å². The summed E-state index contributed by atoms with van der Waals surface area (Å²) in [5.41, 5.74) is 12.4. The van der Waals surface area contributed by atoms with Crippen LogP contribution >= 0.6 is 0 Å². The maximum absolute atomic E-state index is 9.55. The van der Waals surface area contributed by atoms with E-state index in [1.165, 1.54) is 5.56 Å². The Morgan fingerprint density at radius 3 is 2.15 bits per heavy atom. The van der Waals surface area contributed by atoms with Gasteiger partial charge in [0.25, 0.3) is 0 Å². The predicted molar refractivity (Wildman–Crippen MR) is 108 cm³/mol. The Morgan fingerprint density at radius 1 is 1.00 bits per heavy atom. The molecule has 1 heterocycles. The Balaban J connectivity index is 2.11. The monoisotopic (exact) mass is 342 g/mol. The fraction of sp³-hybridized carbons (Fsp3) is 0.182. The molecular formula is C22H22N4. The molecule has 3 aromatic rings. The van der Waals surface area contributed by atoms with Gasteiger partial charge in [-0.2, -0.15) is 5.26 Å². The molecule has 2 N–H and O–H groups in total. The maximum atomic E-state index is 9.55. The molecule has 4 heteroatoms. The third kappa shape index (κ3) is 3.38. The molecule has 0 spiro atoms. The lowest BCUT2D eigenvalue weighted by molar-refractivity contribution is 1.13. The van der Waals surface area contributed by atoms with Gasteiger partial charge in [0.15, 0.2) is 0 Å². The third-order valence-corrected chi connectivity index (χ3v) is 4.51. The molecule has 0 unspecified atom stereocenters. The fourth-order valence-corrected chi connectivity index (χ4v) is 2.91. The first-order chi connectivity index (χ1) is 12.5. The van der Waals surface area contributed by atoms with Crippen molar-refractivity contribution in [3.05, 3.63) is 65.7 Å². The highest BCUT2D eigenvalue weighted by Gasteiger charge is 2.13. The topological polar surface area (TPSA) is 65.9 Å². The molecule has 130 valence electrons. The van der Waals surface area contributed by atoms with Gasteiger partial charge in [-0.25, -0.2) is 4.98 Å². The molecule has 0 aliphatic heterocycles. The summed E-state index contributed by atoms with van der Waals surface area (Å²) in [4.78, 5) is 6.49. The number of nitriles is 1. The summed E-state index contributed by atoms with van der Waals surface area (Å²) in [5, 5.41) is 9.55. The average molecular weight is 342 g/mol. The molecule has 0 aliphatic carbocycles. The molecule has 0 aliphatic rings. The van der Waals surface area contributed by atoms with E-state index in [0.717, 1.165) is 34.5 Å². The Bertz CT molecular complexity index is 949. The van der Waals surface area contributed by atoms with Gasteiger partial charge in [-0.3, -0.25) is 0 Å². The quantitative estimate of drug-likeness (QED) is 0.758. The summed E-state index contributed by atoms with van der Waals surface area (Å²) in [7, 11) is 4.00. The molecule has 1 aromatic heterocycles. The van der Waals surface area contributed by atoms with Gasteiger partial charge in [-0.05, 0) is 35.7 Å². The van der Waals surface area contributed by atoms with Crippen LogP contribution < -0.4 is 10.6 Å². The Labute approximate surface area is 154 Å². The summed E-state index contributed by atoms with van der Waals surface area (Å²) in [6.07, 6.45) is 0.993. The second-order valence-electron chi connectivity index (χ2n) is 6.42. The predicted octanol–water partition coefficient (Wildman–Crippen LogP) is 4.50. The van der Waals surface area contributed by atoms with Crippen molar-refractivity contribution < 1.29 is 0 Å². The fourth-order valence-electron chi connectivity index (χ4n) is 2.91. The van der Waals surface area contributed by atoms with Gasteiger partial charge in [0, 0.05) is 30.9 Å². The third-order valence-electron chi connectivity index (χ3n) is 4.51. The van der Waals surface area contributed by atoms with Crippen molar-refractivity contribution in [1.29, 1.82) is 5.26 Å². The Hall–Kier alpha value is -3.32. The van der Waals surface area contributed by atoms with Crippen molar-refractivity contribution in [3.63, 3.8) is 0 Å². The summed E-state index contributed by atoms with van der Waals surface area (Å²) in [5.74, 6) is 0.260. The van der Waals surface area contributed by atoms with Crippen LogP contribution in [-0.4, -0.2) is 19.1 Å². The lowest BCUT2D eigenvalue weighted by atomic mass is 9.97. The second-order valence-corrected chi connectivity index (χ2v) is 6.42. The Morgan fingerprint density at radius 2 is 1.62 bits per heavy atom. The van der Waals surface area contributed by atoms with E-state index in [1.54, 1.807) is 0 Å². The maximum Gasteiger partial charge on any atom is 0.142 e. The van der Waals surface area contributed by atoms with Crippen LogP contribution in [-0.2, 0) is 6.42 Å². The number of nitrogens with two attached hydrogens (primary N) is 1. The van der Waals surface area contributed by atoms with E-state index in [2.05, 4.69) is 30.1 Å². The minimum absolute atomic E-state index is 0.260. The molecular weight excluding hydrogens is 320 g/mol. The molecule has 3 rings (SSSR count). The number of pyridine rings is 1. The molecule has 0 atom stereocenters. The van der Waals surface area contributed by atoms with E-state index in [9.17, 15) is 5.26 Å². The summed E-state index contributed by atoms with van der Waals surface area (Å²) >= 11 is 0. The van der Waals surface area contributed by atoms with E-state index in [-0.39, 0.29) is 5.82 Å². The van der Waals surface area contributed by atoms with E-state index in [0.29, 0.717) is 5.56 Å². The van der Waals surface area contributed by atoms with Crippen LogP contribution in [0.3, 0.4) is 0 Å². The normalized spacial score (nSPS) is 10.4. The lowest BCUT2D eigenvalue weighted by Crippen LogP contribution is -2.08. The number of hydrogen-bond acceptors (Lipinski definition) is 4. The lowest BCUT2D eigenvalue weighted by Gasteiger charge is -2.14. The van der Waals surface area contributed by atoms with Crippen molar-refractivity contribution in [3.8, 4) is 28.5 Å². The van der Waals surface area contributed by atoms with Gasteiger partial charge in [0.2, 0.25) is 0 Å². The molecule has 0 bridgehead atoms. The van der Waals surface area contributed by atoms with Crippen LogP contribution in [0.25, 0.3) is 22.4 Å². The van der Waals surface area contributed by atoms with E-state index in [4.69, 9.17) is 5.73 Å². The Kier molecular flexibility index (Phi) is 4.90. The van der Waals surface area contributed by atoms with Crippen molar-refractivity contribution in [2.24, 2.45) is 0 Å². The molecule has 2 aromatic carbocycles. The van der Waals surface area contributed by atoms with Gasteiger partial charge >= 0.3 is 0 Å². The van der Waals surface area contributed by atoms with Crippen LogP contribution in [0, 0.1) is 11.3 Å². The second kappa shape index (κ2) is 7.28. The standard InChI is InChI=1S/C22H22N4/c1-4-15-5-7-17(8-6-15)21-13-19(20(14-23)22(24)25-21)16-9-11-18(12-10-16)26(2)3/h5-13H,4H2,1-3H3,(H2,24,25). The molecule has 0 radical (unpaired) electrons. The molecule has 4 nitrogen and oxygen atoms in total. The summed E-state index contributed by atoms with van der Waals surface area (Å²) in [6, 6.07) is 20.5. The SMILES string of the molecule is CCc1ccc(-c2cc(-c3ccc(N(C)C)cc3)c(C#N)c(N)n2)cc1. The minimum Gasteiger partial charge on any atom is -0.383 e. The average Bonchev–Trinajstić information content (AvgIpc) is 2.67. The zero-order valence-corrected chi connectivity index (χ0v) is 15.3. The number of benzene rings is 2. The zero-order chi connectivity index (χ0) is 18.7. The summed E-state index contributed by atoms with van der Waals surface area (Å²) < 4.78 is 0. The highest BCUT2D eigenvalue weighted by Crippen LogP contribution is 2.32. The van der Waals surface area contributed by atoms with Gasteiger partial charge in [0.1, 0.15) is 17.5 Å². The number of nitrogens with zero attached hydrogens (tertiary/aromatic N) is 3.